The minimum Gasteiger partial charge on any atom is -0.302 e. The molecule has 1 aromatic rings. The number of benzene rings is 1. The Morgan fingerprint density at radius 2 is 1.85 bits per heavy atom. The van der Waals surface area contributed by atoms with Gasteiger partial charge in [0.25, 0.3) is 0 Å². The van der Waals surface area contributed by atoms with Crippen LogP contribution in [0.15, 0.2) is 23.6 Å². The van der Waals surface area contributed by atoms with Crippen LogP contribution in [0.5, 0.6) is 0 Å². The van der Waals surface area contributed by atoms with Gasteiger partial charge in [-0.2, -0.15) is 0 Å². The van der Waals surface area contributed by atoms with Gasteiger partial charge in [-0.25, -0.2) is 0 Å². The fraction of sp³-hybridized carbons (Fsp3) is 0. The number of thioether (sulfide) groups is 1. The Hall–Kier alpha value is -0.440. The zero-order valence-electron chi connectivity index (χ0n) is 6.63. The van der Waals surface area contributed by atoms with Crippen molar-refractivity contribution in [1.29, 1.82) is 5.41 Å². The molecular formula is C9H7Cl2NS. The number of halogens is 2. The summed E-state index contributed by atoms with van der Waals surface area (Å²) in [5, 5.41) is 9.80. The van der Waals surface area contributed by atoms with Gasteiger partial charge in [-0.3, -0.25) is 0 Å². The third kappa shape index (κ3) is 3.07. The topological polar surface area (TPSA) is 23.9 Å². The monoisotopic (exact) mass is 231 g/mol. The van der Waals surface area contributed by atoms with Crippen molar-refractivity contribution in [3.63, 3.8) is 0 Å². The molecule has 0 atom stereocenters. The van der Waals surface area contributed by atoms with E-state index in [4.69, 9.17) is 28.6 Å². The molecule has 4 heteroatoms. The van der Waals surface area contributed by atoms with E-state index in [0.29, 0.717) is 10.0 Å². The highest BCUT2D eigenvalue weighted by atomic mass is 35.5. The first-order chi connectivity index (χ1) is 6.25. The van der Waals surface area contributed by atoms with E-state index in [-0.39, 0.29) is 0 Å². The van der Waals surface area contributed by atoms with Gasteiger partial charge in [0.1, 0.15) is 0 Å². The van der Waals surface area contributed by atoms with Gasteiger partial charge in [0.15, 0.2) is 0 Å². The van der Waals surface area contributed by atoms with Crippen molar-refractivity contribution in [2.75, 3.05) is 0 Å². The summed E-state index contributed by atoms with van der Waals surface area (Å²) in [7, 11) is 0. The van der Waals surface area contributed by atoms with E-state index in [9.17, 15) is 0 Å². The van der Waals surface area contributed by atoms with E-state index in [1.807, 2.05) is 0 Å². The average Bonchev–Trinajstić information content (AvgIpc) is 2.10. The molecule has 1 nitrogen and oxygen atoms in total. The summed E-state index contributed by atoms with van der Waals surface area (Å²) < 4.78 is 0. The molecule has 0 heterocycles. The maximum atomic E-state index is 6.80. The summed E-state index contributed by atoms with van der Waals surface area (Å²) in [5.74, 6) is 0. The molecule has 1 rings (SSSR count). The van der Waals surface area contributed by atoms with Crippen LogP contribution in [0.1, 0.15) is 5.56 Å². The quantitative estimate of drug-likeness (QED) is 0.609. The molecule has 13 heavy (non-hydrogen) atoms. The van der Waals surface area contributed by atoms with E-state index in [2.05, 4.69) is 0 Å². The van der Waals surface area contributed by atoms with Crippen molar-refractivity contribution < 1.29 is 0 Å². The average molecular weight is 232 g/mol. The molecule has 0 amide bonds. The minimum atomic E-state index is 0.620. The third-order valence-electron chi connectivity index (χ3n) is 1.38. The summed E-state index contributed by atoms with van der Waals surface area (Å²) in [6, 6.07) is 5.36. The van der Waals surface area contributed by atoms with Gasteiger partial charge in [-0.05, 0) is 23.6 Å². The first-order valence-electron chi connectivity index (χ1n) is 3.50. The molecule has 0 aliphatic rings. The van der Waals surface area contributed by atoms with E-state index in [1.54, 1.807) is 29.7 Å². The predicted molar refractivity (Wildman–Crippen MR) is 61.9 cm³/mol. The molecule has 0 saturated heterocycles. The Morgan fingerprint density at radius 1 is 1.23 bits per heavy atom. The largest absolute Gasteiger partial charge is 0.302 e. The third-order valence-corrected chi connectivity index (χ3v) is 2.47. The Morgan fingerprint density at radius 3 is 2.38 bits per heavy atom. The zero-order valence-corrected chi connectivity index (χ0v) is 8.96. The standard InChI is InChI=1S/C9H7Cl2NS/c10-8-2-1-3-9(11)7(8)4-5-13-6-12/h1-6,12H/b5-4+,12-6?. The number of hydrogen-bond acceptors (Lipinski definition) is 2. The summed E-state index contributed by atoms with van der Waals surface area (Å²) >= 11 is 13.1. The molecule has 0 fully saturated rings. The molecule has 0 unspecified atom stereocenters. The normalized spacial score (nSPS) is 10.6. The molecule has 68 valence electrons. The van der Waals surface area contributed by atoms with Gasteiger partial charge in [0, 0.05) is 15.6 Å². The van der Waals surface area contributed by atoms with Crippen LogP contribution in [0.2, 0.25) is 10.0 Å². The van der Waals surface area contributed by atoms with E-state index >= 15 is 0 Å². The summed E-state index contributed by atoms with van der Waals surface area (Å²) in [4.78, 5) is 0. The van der Waals surface area contributed by atoms with Crippen LogP contribution in [0.3, 0.4) is 0 Å². The lowest BCUT2D eigenvalue weighted by atomic mass is 10.2. The first kappa shape index (κ1) is 10.6. The Balaban J connectivity index is 2.92. The predicted octanol–water partition coefficient (Wildman–Crippen LogP) is 4.30. The van der Waals surface area contributed by atoms with Crippen LogP contribution in [-0.2, 0) is 0 Å². The van der Waals surface area contributed by atoms with Crippen LogP contribution < -0.4 is 0 Å². The van der Waals surface area contributed by atoms with Crippen LogP contribution >= 0.6 is 35.0 Å². The summed E-state index contributed by atoms with van der Waals surface area (Å²) in [5.41, 5.74) is 2.03. The molecule has 0 saturated carbocycles. The van der Waals surface area contributed by atoms with Crippen molar-refractivity contribution in [2.45, 2.75) is 0 Å². The molecule has 0 bridgehead atoms. The van der Waals surface area contributed by atoms with E-state index in [1.165, 1.54) is 17.3 Å². The minimum absolute atomic E-state index is 0.620. The number of nitrogens with one attached hydrogen (secondary N) is 1. The van der Waals surface area contributed by atoms with Gasteiger partial charge in [0.05, 0.1) is 5.55 Å². The van der Waals surface area contributed by atoms with Crippen molar-refractivity contribution in [1.82, 2.24) is 0 Å². The second-order valence-corrected chi connectivity index (χ2v) is 3.79. The highest BCUT2D eigenvalue weighted by Crippen LogP contribution is 2.25. The Labute approximate surface area is 91.3 Å². The molecule has 1 aromatic carbocycles. The van der Waals surface area contributed by atoms with Crippen molar-refractivity contribution in [3.8, 4) is 0 Å². The lowest BCUT2D eigenvalue weighted by Crippen LogP contribution is -1.75. The molecule has 0 spiro atoms. The SMILES string of the molecule is N=CS/C=C/c1c(Cl)cccc1Cl. The second kappa shape index (κ2) is 5.32. The fourth-order valence-electron chi connectivity index (χ4n) is 0.817. The maximum Gasteiger partial charge on any atom is 0.0548 e. The smallest absolute Gasteiger partial charge is 0.0548 e. The van der Waals surface area contributed by atoms with Crippen LogP contribution in [0, 0.1) is 5.41 Å². The zero-order chi connectivity index (χ0) is 9.68. The van der Waals surface area contributed by atoms with E-state index in [0.717, 1.165) is 5.56 Å². The van der Waals surface area contributed by atoms with E-state index < -0.39 is 0 Å². The molecule has 0 aliphatic heterocycles. The molecule has 1 N–H and O–H groups in total. The Bertz CT molecular complexity index is 316. The summed E-state index contributed by atoms with van der Waals surface area (Å²) in [6.07, 6.45) is 1.79. The van der Waals surface area contributed by atoms with Gasteiger partial charge in [0.2, 0.25) is 0 Å². The lowest BCUT2D eigenvalue weighted by Gasteiger charge is -1.99. The van der Waals surface area contributed by atoms with Crippen LogP contribution in [-0.4, -0.2) is 5.55 Å². The molecular weight excluding hydrogens is 225 g/mol. The van der Waals surface area contributed by atoms with Gasteiger partial charge in [-0.15, -0.1) is 0 Å². The van der Waals surface area contributed by atoms with Crippen LogP contribution in [0.4, 0.5) is 0 Å². The van der Waals surface area contributed by atoms with Crippen molar-refractivity contribution >= 4 is 46.6 Å². The van der Waals surface area contributed by atoms with Gasteiger partial charge < -0.3 is 5.41 Å². The molecule has 0 aromatic heterocycles. The summed E-state index contributed by atoms with van der Waals surface area (Å²) in [6.45, 7) is 0. The van der Waals surface area contributed by atoms with Gasteiger partial charge in [-0.1, -0.05) is 41.0 Å². The molecule has 0 radical (unpaired) electrons. The van der Waals surface area contributed by atoms with Crippen LogP contribution in [0.25, 0.3) is 6.08 Å². The maximum absolute atomic E-state index is 6.80. The highest BCUT2D eigenvalue weighted by Gasteiger charge is 1.99. The second-order valence-electron chi connectivity index (χ2n) is 2.19. The lowest BCUT2D eigenvalue weighted by molar-refractivity contribution is 1.60. The highest BCUT2D eigenvalue weighted by molar-refractivity contribution is 8.14. The number of hydrogen-bond donors (Lipinski definition) is 1. The van der Waals surface area contributed by atoms with Gasteiger partial charge >= 0.3 is 0 Å². The molecule has 0 aliphatic carbocycles. The van der Waals surface area contributed by atoms with Crippen molar-refractivity contribution in [2.24, 2.45) is 0 Å². The first-order valence-corrected chi connectivity index (χ1v) is 5.20. The Kier molecular flexibility index (Phi) is 4.36. The fourth-order valence-corrected chi connectivity index (χ4v) is 1.63. The number of rotatable bonds is 3. The van der Waals surface area contributed by atoms with Crippen molar-refractivity contribution in [3.05, 3.63) is 39.2 Å².